The molecule has 470 valence electrons. The van der Waals surface area contributed by atoms with Crippen LogP contribution in [-0.2, 0) is 18.9 Å². The molecule has 0 radical (unpaired) electrons. The van der Waals surface area contributed by atoms with E-state index < -0.39 is 164 Å². The second-order valence-electron chi connectivity index (χ2n) is 12.5. The number of hydrogen-bond donors (Lipinski definition) is 0. The van der Waals surface area contributed by atoms with Gasteiger partial charge in [-0.25, -0.2) is 32.1 Å². The highest BCUT2D eigenvalue weighted by Gasteiger charge is 2.76. The highest BCUT2D eigenvalue weighted by Crippen LogP contribution is 2.53. The summed E-state index contributed by atoms with van der Waals surface area (Å²) in [4.78, 5) is 0. The molecule has 0 aliphatic rings. The summed E-state index contributed by atoms with van der Waals surface area (Å²) in [5.41, 5.74) is -11.3. The van der Waals surface area contributed by atoms with Crippen molar-refractivity contribution in [2.75, 3.05) is 13.9 Å². The molecule has 4 nitrogen and oxygen atoms in total. The summed E-state index contributed by atoms with van der Waals surface area (Å²) >= 11 is 0. The fraction of sp³-hybridized carbons (Fsp3) is 0.733. The van der Waals surface area contributed by atoms with E-state index in [1.807, 2.05) is 14.2 Å². The second kappa shape index (κ2) is 27.5. The van der Waals surface area contributed by atoms with Crippen LogP contribution in [0.3, 0.4) is 0 Å². The Morgan fingerprint density at radius 1 is 0.308 bits per heavy atom. The van der Waals surface area contributed by atoms with E-state index >= 15 is 0 Å². The predicted octanol–water partition coefficient (Wildman–Crippen LogP) is 18.9. The molecule has 48 heteroatoms. The lowest BCUT2D eigenvalue weighted by Gasteiger charge is -2.34. The van der Waals surface area contributed by atoms with Crippen LogP contribution in [0.5, 0.6) is 0 Å². The summed E-state index contributed by atoms with van der Waals surface area (Å²) in [6.45, 7) is -3.45. The maximum Gasteiger partial charge on any atom is 0.431 e. The molecule has 0 aliphatic heterocycles. The van der Waals surface area contributed by atoms with E-state index in [0.29, 0.717) is 14.1 Å². The van der Waals surface area contributed by atoms with Crippen LogP contribution >= 0.6 is 0 Å². The van der Waals surface area contributed by atoms with Gasteiger partial charge in [-0.15, -0.1) is 0 Å². The van der Waals surface area contributed by atoms with Crippen molar-refractivity contribution in [2.45, 2.75) is 124 Å². The van der Waals surface area contributed by atoms with Crippen molar-refractivity contribution in [1.82, 2.24) is 0 Å². The molecule has 0 aliphatic carbocycles. The largest absolute Gasteiger partial charge is 0.431 e. The van der Waals surface area contributed by atoms with Crippen LogP contribution in [0.15, 0.2) is 47.6 Å². The van der Waals surface area contributed by atoms with Gasteiger partial charge < -0.3 is 0 Å². The molecule has 0 saturated heterocycles. The van der Waals surface area contributed by atoms with Crippen LogP contribution in [0, 0.1) is 0 Å². The monoisotopic (exact) mass is 1280 g/mol. The minimum absolute atomic E-state index is 0.213. The SMILES string of the molecule is CC(F)(C(F)(F)F)C(F)(F)OC(F)(F)C(F)=C(F)F.CCC(F)(C(F)(F)F)C(F)(F)OC(F)(F)C(F)=C(F)F.CCC(F)(F)C(F)(F)C(F)(F)OC(F)(F)C(F)=C(F)F.CF.FCC(F)(F)C(F)(F)OC(F)(F)C(F)=C(F)F. The van der Waals surface area contributed by atoms with E-state index in [2.05, 4.69) is 4.74 Å². The van der Waals surface area contributed by atoms with E-state index in [9.17, 15) is 193 Å². The first-order valence-electron chi connectivity index (χ1n) is 16.9. The summed E-state index contributed by atoms with van der Waals surface area (Å²) in [6, 6.07) is 0. The number of ether oxygens (including phenoxy) is 4. The maximum atomic E-state index is 13.1. The first kappa shape index (κ1) is 82.6. The number of rotatable bonds is 20. The number of halogens is 44. The van der Waals surface area contributed by atoms with Crippen molar-refractivity contribution < 1.29 is 212 Å². The third-order valence-corrected chi connectivity index (χ3v) is 7.05. The van der Waals surface area contributed by atoms with Crippen molar-refractivity contribution in [3.05, 3.63) is 47.6 Å². The lowest BCUT2D eigenvalue weighted by Crippen LogP contribution is -2.58. The Labute approximate surface area is 398 Å². The Balaban J connectivity index is -0.000000301. The molecular weight excluding hydrogens is 1260 g/mol. The van der Waals surface area contributed by atoms with Gasteiger partial charge in [-0.05, 0) is 13.3 Å². The Morgan fingerprint density at radius 3 is 0.731 bits per heavy atom. The molecule has 0 rings (SSSR count). The third kappa shape index (κ3) is 20.7. The van der Waals surface area contributed by atoms with Gasteiger partial charge in [0.2, 0.25) is 0 Å². The second-order valence-corrected chi connectivity index (χ2v) is 12.5. The van der Waals surface area contributed by atoms with Gasteiger partial charge in [0.25, 0.3) is 34.6 Å². The average Bonchev–Trinajstić information content (AvgIpc) is 3.23. The van der Waals surface area contributed by atoms with Gasteiger partial charge in [-0.1, -0.05) is 13.8 Å². The number of alkyl halides is 32. The van der Waals surface area contributed by atoms with Crippen LogP contribution < -0.4 is 0 Å². The van der Waals surface area contributed by atoms with Crippen LogP contribution in [0.2, 0.25) is 0 Å². The van der Waals surface area contributed by atoms with E-state index in [1.54, 1.807) is 0 Å². The zero-order valence-electron chi connectivity index (χ0n) is 35.9. The first-order valence-corrected chi connectivity index (χ1v) is 16.9. The molecular formula is C30H18F44O4. The Bertz CT molecular complexity index is 1990. The van der Waals surface area contributed by atoms with E-state index in [4.69, 9.17) is 0 Å². The van der Waals surface area contributed by atoms with Gasteiger partial charge in [0, 0.05) is 6.42 Å². The molecule has 0 spiro atoms. The van der Waals surface area contributed by atoms with E-state index in [-0.39, 0.29) is 6.92 Å². The van der Waals surface area contributed by atoms with Crippen molar-refractivity contribution in [1.29, 1.82) is 0 Å². The van der Waals surface area contributed by atoms with Crippen LogP contribution in [-0.4, -0.2) is 104 Å². The van der Waals surface area contributed by atoms with Gasteiger partial charge >= 0.3 is 103 Å². The van der Waals surface area contributed by atoms with Crippen molar-refractivity contribution in [3.8, 4) is 0 Å². The molecule has 0 fully saturated rings. The zero-order valence-corrected chi connectivity index (χ0v) is 35.9. The average molecular weight is 1280 g/mol. The Kier molecular flexibility index (Phi) is 29.1. The molecule has 0 aromatic rings. The molecule has 78 heavy (non-hydrogen) atoms. The summed E-state index contributed by atoms with van der Waals surface area (Å²) < 4.78 is 540. The smallest absolute Gasteiger partial charge is 0.255 e. The summed E-state index contributed by atoms with van der Waals surface area (Å²) in [5, 5.41) is 0. The molecule has 0 aromatic heterocycles. The molecule has 2 unspecified atom stereocenters. The first-order chi connectivity index (χ1) is 33.7. The van der Waals surface area contributed by atoms with Gasteiger partial charge in [-0.3, -0.25) is 4.39 Å². The number of hydrogen-bond acceptors (Lipinski definition) is 4. The molecule has 0 aromatic carbocycles. The van der Waals surface area contributed by atoms with Gasteiger partial charge in [-0.2, -0.15) is 176 Å². The predicted molar refractivity (Wildman–Crippen MR) is 159 cm³/mol. The third-order valence-electron chi connectivity index (χ3n) is 7.05. The summed E-state index contributed by atoms with van der Waals surface area (Å²) in [7, 11) is 0.500. The van der Waals surface area contributed by atoms with Gasteiger partial charge in [0.05, 0.1) is 7.18 Å². The van der Waals surface area contributed by atoms with Gasteiger partial charge in [0.1, 0.15) is 0 Å². The molecule has 0 saturated carbocycles. The highest BCUT2D eigenvalue weighted by molar-refractivity contribution is 5.05. The van der Waals surface area contributed by atoms with E-state index in [0.717, 1.165) is 0 Å². The minimum Gasteiger partial charge on any atom is -0.255 e. The minimum atomic E-state index is -6.61. The molecule has 0 heterocycles. The Hall–Kier alpha value is -4.28. The normalized spacial score (nSPS) is 15.2. The highest BCUT2D eigenvalue weighted by atomic mass is 19.4. The lowest BCUT2D eigenvalue weighted by atomic mass is 10.0. The van der Waals surface area contributed by atoms with Crippen LogP contribution in [0.4, 0.5) is 193 Å². The fourth-order valence-electron chi connectivity index (χ4n) is 2.83. The molecule has 0 bridgehead atoms. The van der Waals surface area contributed by atoms with Crippen molar-refractivity contribution in [2.24, 2.45) is 0 Å². The van der Waals surface area contributed by atoms with Crippen LogP contribution in [0.25, 0.3) is 0 Å². The summed E-state index contributed by atoms with van der Waals surface area (Å²) in [5.74, 6) is -33.1. The Morgan fingerprint density at radius 2 is 0.538 bits per heavy atom. The van der Waals surface area contributed by atoms with E-state index in [1.165, 1.54) is 0 Å². The molecule has 0 N–H and O–H groups in total. The molecule has 0 amide bonds. The van der Waals surface area contributed by atoms with Crippen molar-refractivity contribution in [3.63, 3.8) is 0 Å². The topological polar surface area (TPSA) is 36.9 Å². The standard InChI is InChI=1S/2C8H5F11O.C7H3F11O.C6H2F10O.CH3F/c1-2-5(12,13)7(16,17)8(18,19)20-6(14,15)3(9)4(10)11;1-2-5(12,7(15,16)17)8(18,19)20-6(13,14)3(9)4(10)11;1-4(11,6(14,15)16)7(17,18)19-5(12,13)2(8)3(9)10;7-1-4(11,12)6(15,16)17-5(13,14)2(8)3(9)10;1-2/h2*2H2,1H3;1H3;1H2;1H3. The fourth-order valence-corrected chi connectivity index (χ4v) is 2.83. The zero-order chi connectivity index (χ0) is 65.1. The quantitative estimate of drug-likeness (QED) is 0.114. The molecule has 2 atom stereocenters. The maximum absolute atomic E-state index is 13.1. The summed E-state index contributed by atoms with van der Waals surface area (Å²) in [6.07, 6.45) is -81.8. The van der Waals surface area contributed by atoms with Crippen LogP contribution in [0.1, 0.15) is 33.6 Å². The lowest BCUT2D eigenvalue weighted by molar-refractivity contribution is -0.452. The van der Waals surface area contributed by atoms with Gasteiger partial charge in [0.15, 0.2) is 6.67 Å². The van der Waals surface area contributed by atoms with Crippen molar-refractivity contribution >= 4 is 0 Å².